The van der Waals surface area contributed by atoms with Crippen molar-refractivity contribution in [2.75, 3.05) is 5.32 Å². The number of rotatable bonds is 5. The van der Waals surface area contributed by atoms with E-state index in [1.54, 1.807) is 29.5 Å². The lowest BCUT2D eigenvalue weighted by Gasteiger charge is -2.12. The first-order valence-electron chi connectivity index (χ1n) is 7.31. The van der Waals surface area contributed by atoms with Gasteiger partial charge in [0.1, 0.15) is 0 Å². The van der Waals surface area contributed by atoms with Gasteiger partial charge in [0.05, 0.1) is 20.8 Å². The molecule has 0 spiro atoms. The Labute approximate surface area is 163 Å². The fourth-order valence-electron chi connectivity index (χ4n) is 2.07. The van der Waals surface area contributed by atoms with Gasteiger partial charge in [-0.2, -0.15) is 0 Å². The van der Waals surface area contributed by atoms with Gasteiger partial charge in [0.2, 0.25) is 5.91 Å². The molecule has 1 aromatic carbocycles. The first kappa shape index (κ1) is 18.3. The monoisotopic (exact) mass is 412 g/mol. The summed E-state index contributed by atoms with van der Waals surface area (Å²) in [5.41, 5.74) is 0.528. The third-order valence-electron chi connectivity index (χ3n) is 3.42. The minimum Gasteiger partial charge on any atom is -0.324 e. The van der Waals surface area contributed by atoms with E-state index in [1.807, 2.05) is 36.1 Å². The molecule has 1 amide bonds. The summed E-state index contributed by atoms with van der Waals surface area (Å²) >= 11 is 14.9. The third kappa shape index (κ3) is 4.17. The molecule has 2 heterocycles. The summed E-state index contributed by atoms with van der Waals surface area (Å²) in [6, 6.07) is 8.90. The van der Waals surface area contributed by atoms with E-state index in [2.05, 4.69) is 15.5 Å². The van der Waals surface area contributed by atoms with Crippen LogP contribution < -0.4 is 5.32 Å². The summed E-state index contributed by atoms with van der Waals surface area (Å²) in [6.45, 7) is 1.81. The van der Waals surface area contributed by atoms with Crippen LogP contribution in [-0.2, 0) is 11.8 Å². The summed E-state index contributed by atoms with van der Waals surface area (Å²) in [6.07, 6.45) is 0. The molecule has 25 heavy (non-hydrogen) atoms. The van der Waals surface area contributed by atoms with Gasteiger partial charge in [0.15, 0.2) is 11.0 Å². The van der Waals surface area contributed by atoms with E-state index in [0.29, 0.717) is 20.9 Å². The first-order valence-corrected chi connectivity index (χ1v) is 9.83. The Kier molecular flexibility index (Phi) is 5.68. The fourth-order valence-corrected chi connectivity index (χ4v) is 4.09. The van der Waals surface area contributed by atoms with Crippen LogP contribution in [0.4, 0.5) is 5.69 Å². The van der Waals surface area contributed by atoms with Crippen LogP contribution in [0.5, 0.6) is 0 Å². The number of halogens is 2. The molecule has 0 radical (unpaired) electrons. The molecule has 0 bridgehead atoms. The van der Waals surface area contributed by atoms with Crippen LogP contribution in [0.15, 0.2) is 40.9 Å². The number of benzene rings is 1. The number of hydrogen-bond donors (Lipinski definition) is 1. The Morgan fingerprint density at radius 3 is 2.80 bits per heavy atom. The van der Waals surface area contributed by atoms with Crippen LogP contribution in [0.25, 0.3) is 10.7 Å². The van der Waals surface area contributed by atoms with Gasteiger partial charge in [0, 0.05) is 12.1 Å². The first-order chi connectivity index (χ1) is 12.0. The van der Waals surface area contributed by atoms with Crippen LogP contribution in [0.1, 0.15) is 6.92 Å². The quantitative estimate of drug-likeness (QED) is 0.600. The van der Waals surface area contributed by atoms with Gasteiger partial charge in [-0.25, -0.2) is 0 Å². The molecule has 0 fully saturated rings. The van der Waals surface area contributed by atoms with Gasteiger partial charge in [-0.3, -0.25) is 4.79 Å². The molecule has 5 nitrogen and oxygen atoms in total. The van der Waals surface area contributed by atoms with Crippen LogP contribution >= 0.6 is 46.3 Å². The van der Waals surface area contributed by atoms with E-state index in [-0.39, 0.29) is 11.2 Å². The maximum atomic E-state index is 12.4. The zero-order chi connectivity index (χ0) is 18.0. The fraction of sp³-hybridized carbons (Fsp3) is 0.188. The molecule has 1 N–H and O–H groups in total. The topological polar surface area (TPSA) is 59.8 Å². The normalized spacial score (nSPS) is 12.2. The molecular weight excluding hydrogens is 399 g/mol. The van der Waals surface area contributed by atoms with E-state index in [9.17, 15) is 4.79 Å². The summed E-state index contributed by atoms with van der Waals surface area (Å²) in [5.74, 6) is 0.612. The number of thioether (sulfide) groups is 1. The summed E-state index contributed by atoms with van der Waals surface area (Å²) in [5, 5.41) is 14.4. The van der Waals surface area contributed by atoms with E-state index in [0.717, 1.165) is 10.7 Å². The predicted octanol–water partition coefficient (Wildman–Crippen LogP) is 4.97. The molecule has 0 aliphatic carbocycles. The Balaban J connectivity index is 1.69. The molecule has 9 heteroatoms. The van der Waals surface area contributed by atoms with E-state index < -0.39 is 0 Å². The van der Waals surface area contributed by atoms with Gasteiger partial charge in [-0.15, -0.1) is 21.5 Å². The van der Waals surface area contributed by atoms with Crippen molar-refractivity contribution in [2.45, 2.75) is 17.3 Å². The van der Waals surface area contributed by atoms with Crippen LogP contribution in [-0.4, -0.2) is 25.9 Å². The Bertz CT molecular complexity index is 896. The second-order valence-corrected chi connectivity index (χ2v) is 8.32. The van der Waals surface area contributed by atoms with E-state index in [1.165, 1.54) is 11.8 Å². The lowest BCUT2D eigenvalue weighted by Crippen LogP contribution is -2.23. The predicted molar refractivity (Wildman–Crippen MR) is 105 cm³/mol. The number of carbonyl (C=O) groups is 1. The van der Waals surface area contributed by atoms with Gasteiger partial charge in [-0.05, 0) is 36.6 Å². The number of carbonyl (C=O) groups excluding carboxylic acids is 1. The lowest BCUT2D eigenvalue weighted by atomic mass is 10.3. The zero-order valence-electron chi connectivity index (χ0n) is 13.4. The number of nitrogens with one attached hydrogen (secondary N) is 1. The van der Waals surface area contributed by atoms with Crippen molar-refractivity contribution in [3.63, 3.8) is 0 Å². The number of nitrogens with zero attached hydrogens (tertiary/aromatic N) is 3. The number of hydrogen-bond acceptors (Lipinski definition) is 5. The van der Waals surface area contributed by atoms with E-state index >= 15 is 0 Å². The SMILES string of the molecule is CC(Sc1nnc(-c2cccs2)n1C)C(=O)Nc1ccc(Cl)cc1Cl. The standard InChI is InChI=1S/C16H14Cl2N4OS2/c1-9(15(23)19-12-6-5-10(17)8-11(12)18)25-16-21-20-14(22(16)2)13-4-3-7-24-13/h3-9H,1-2H3,(H,19,23). The molecule has 2 aromatic heterocycles. The summed E-state index contributed by atoms with van der Waals surface area (Å²) in [7, 11) is 1.89. The van der Waals surface area contributed by atoms with Crippen LogP contribution in [0, 0.1) is 0 Å². The lowest BCUT2D eigenvalue weighted by molar-refractivity contribution is -0.115. The second-order valence-electron chi connectivity index (χ2n) is 5.22. The maximum absolute atomic E-state index is 12.4. The molecule has 1 atom stereocenters. The number of amides is 1. The number of anilines is 1. The molecule has 0 aliphatic heterocycles. The highest BCUT2D eigenvalue weighted by Crippen LogP contribution is 2.30. The minimum atomic E-state index is -0.370. The molecule has 0 saturated carbocycles. The van der Waals surface area contributed by atoms with E-state index in [4.69, 9.17) is 23.2 Å². The van der Waals surface area contributed by atoms with Gasteiger partial charge >= 0.3 is 0 Å². The molecule has 3 rings (SSSR count). The largest absolute Gasteiger partial charge is 0.324 e. The van der Waals surface area contributed by atoms with Crippen molar-refractivity contribution < 1.29 is 4.79 Å². The van der Waals surface area contributed by atoms with Crippen molar-refractivity contribution in [1.82, 2.24) is 14.8 Å². The molecule has 130 valence electrons. The average Bonchev–Trinajstić information content (AvgIpc) is 3.20. The smallest absolute Gasteiger partial charge is 0.237 e. The van der Waals surface area contributed by atoms with Crippen molar-refractivity contribution >= 4 is 57.9 Å². The molecule has 1 unspecified atom stereocenters. The zero-order valence-corrected chi connectivity index (χ0v) is 16.5. The van der Waals surface area contributed by atoms with Gasteiger partial charge < -0.3 is 9.88 Å². The van der Waals surface area contributed by atoms with Crippen molar-refractivity contribution in [3.05, 3.63) is 45.8 Å². The molecule has 0 saturated heterocycles. The average molecular weight is 413 g/mol. The second kappa shape index (κ2) is 7.78. The highest BCUT2D eigenvalue weighted by molar-refractivity contribution is 8.00. The molecular formula is C16H14Cl2N4OS2. The third-order valence-corrected chi connectivity index (χ3v) is 5.96. The number of aromatic nitrogens is 3. The number of thiophene rings is 1. The Morgan fingerprint density at radius 2 is 2.12 bits per heavy atom. The summed E-state index contributed by atoms with van der Waals surface area (Å²) in [4.78, 5) is 13.5. The van der Waals surface area contributed by atoms with Crippen LogP contribution in [0.3, 0.4) is 0 Å². The summed E-state index contributed by atoms with van der Waals surface area (Å²) < 4.78 is 1.88. The van der Waals surface area contributed by atoms with Gasteiger partial charge in [-0.1, -0.05) is 41.0 Å². The molecule has 0 aliphatic rings. The highest BCUT2D eigenvalue weighted by Gasteiger charge is 2.20. The minimum absolute atomic E-state index is 0.171. The van der Waals surface area contributed by atoms with Crippen LogP contribution in [0.2, 0.25) is 10.0 Å². The van der Waals surface area contributed by atoms with Crippen molar-refractivity contribution in [1.29, 1.82) is 0 Å². The van der Waals surface area contributed by atoms with Gasteiger partial charge in [0.25, 0.3) is 0 Å². The van der Waals surface area contributed by atoms with Crippen molar-refractivity contribution in [2.24, 2.45) is 7.05 Å². The Morgan fingerprint density at radius 1 is 1.32 bits per heavy atom. The maximum Gasteiger partial charge on any atom is 0.237 e. The van der Waals surface area contributed by atoms with Crippen molar-refractivity contribution in [3.8, 4) is 10.7 Å². The Hall–Kier alpha value is -1.54. The molecule has 3 aromatic rings. The highest BCUT2D eigenvalue weighted by atomic mass is 35.5.